The summed E-state index contributed by atoms with van der Waals surface area (Å²) in [5.74, 6) is 1.30. The molecule has 1 aromatic carbocycles. The van der Waals surface area contributed by atoms with Crippen molar-refractivity contribution in [1.29, 1.82) is 0 Å². The zero-order valence-corrected chi connectivity index (χ0v) is 17.6. The number of guanidine groups is 1. The number of nitrogens with one attached hydrogen (secondary N) is 2. The van der Waals surface area contributed by atoms with E-state index < -0.39 is 11.7 Å². The summed E-state index contributed by atoms with van der Waals surface area (Å²) in [5, 5.41) is 10.2. The predicted octanol–water partition coefficient (Wildman–Crippen LogP) is 4.17. The van der Waals surface area contributed by atoms with Crippen LogP contribution in [0.5, 0.6) is 0 Å². The number of aryl methyl sites for hydroxylation is 1. The van der Waals surface area contributed by atoms with E-state index in [-0.39, 0.29) is 24.0 Å². The normalized spacial score (nSPS) is 11.8. The molecular formula is C18H24F3IN4O. The molecule has 1 heterocycles. The summed E-state index contributed by atoms with van der Waals surface area (Å²) in [6, 6.07) is 7.06. The topological polar surface area (TPSA) is 62.5 Å². The number of aromatic nitrogens is 1. The predicted molar refractivity (Wildman–Crippen MR) is 109 cm³/mol. The quantitative estimate of drug-likeness (QED) is 0.343. The maximum absolute atomic E-state index is 12.6. The fraction of sp³-hybridized carbons (Fsp3) is 0.444. The first-order chi connectivity index (χ1) is 12.4. The summed E-state index contributed by atoms with van der Waals surface area (Å²) in [4.78, 5) is 4.42. The fourth-order valence-electron chi connectivity index (χ4n) is 2.28. The number of aliphatic imine (C=N–C) groups is 1. The lowest BCUT2D eigenvalue weighted by Crippen LogP contribution is -2.38. The second-order valence-corrected chi connectivity index (χ2v) is 5.70. The number of nitrogens with zero attached hydrogens (tertiary/aromatic N) is 2. The van der Waals surface area contributed by atoms with E-state index in [9.17, 15) is 13.2 Å². The van der Waals surface area contributed by atoms with Crippen LogP contribution in [0.15, 0.2) is 39.8 Å². The highest BCUT2D eigenvalue weighted by molar-refractivity contribution is 14.0. The molecule has 0 radical (unpaired) electrons. The van der Waals surface area contributed by atoms with Gasteiger partial charge in [0.1, 0.15) is 6.54 Å². The van der Waals surface area contributed by atoms with E-state index in [2.05, 4.69) is 20.8 Å². The van der Waals surface area contributed by atoms with Crippen molar-refractivity contribution in [2.24, 2.45) is 4.99 Å². The number of rotatable bonds is 7. The Kier molecular flexibility index (Phi) is 9.61. The molecule has 150 valence electrons. The molecule has 0 saturated heterocycles. The van der Waals surface area contributed by atoms with Gasteiger partial charge in [-0.15, -0.1) is 24.0 Å². The van der Waals surface area contributed by atoms with Crippen LogP contribution in [0.1, 0.15) is 36.4 Å². The Bertz CT molecular complexity index is 714. The Labute approximate surface area is 173 Å². The van der Waals surface area contributed by atoms with Gasteiger partial charge < -0.3 is 15.2 Å². The highest BCUT2D eigenvalue weighted by atomic mass is 127. The maximum atomic E-state index is 12.6. The van der Waals surface area contributed by atoms with Gasteiger partial charge in [-0.2, -0.15) is 13.2 Å². The zero-order valence-electron chi connectivity index (χ0n) is 15.3. The van der Waals surface area contributed by atoms with Gasteiger partial charge in [-0.25, -0.2) is 4.99 Å². The molecule has 0 atom stereocenters. The molecule has 0 aliphatic carbocycles. The second-order valence-electron chi connectivity index (χ2n) is 5.70. The third-order valence-corrected chi connectivity index (χ3v) is 3.69. The number of hydrogen-bond acceptors (Lipinski definition) is 3. The molecule has 0 saturated carbocycles. The van der Waals surface area contributed by atoms with Crippen molar-refractivity contribution in [3.05, 3.63) is 52.9 Å². The van der Waals surface area contributed by atoms with Gasteiger partial charge in [0.15, 0.2) is 11.7 Å². The van der Waals surface area contributed by atoms with E-state index in [0.717, 1.165) is 29.8 Å². The first kappa shape index (κ1) is 23.3. The summed E-state index contributed by atoms with van der Waals surface area (Å²) in [6.45, 7) is 5.56. The summed E-state index contributed by atoms with van der Waals surface area (Å²) in [5.41, 5.74) is 1.07. The van der Waals surface area contributed by atoms with Crippen LogP contribution in [-0.2, 0) is 25.6 Å². The van der Waals surface area contributed by atoms with Crippen LogP contribution in [0.3, 0.4) is 0 Å². The molecule has 0 aliphatic heterocycles. The van der Waals surface area contributed by atoms with Crippen molar-refractivity contribution in [3.8, 4) is 0 Å². The van der Waals surface area contributed by atoms with Crippen LogP contribution in [0.2, 0.25) is 0 Å². The van der Waals surface area contributed by atoms with Gasteiger partial charge in [0.25, 0.3) is 0 Å². The van der Waals surface area contributed by atoms with E-state index in [1.54, 1.807) is 0 Å². The Morgan fingerprint density at radius 1 is 1.15 bits per heavy atom. The van der Waals surface area contributed by atoms with Gasteiger partial charge in [-0.3, -0.25) is 0 Å². The minimum atomic E-state index is -4.31. The molecule has 2 N–H and O–H groups in total. The molecule has 2 aromatic rings. The zero-order chi connectivity index (χ0) is 19.0. The number of hydrogen-bond donors (Lipinski definition) is 2. The van der Waals surface area contributed by atoms with Crippen LogP contribution >= 0.6 is 24.0 Å². The van der Waals surface area contributed by atoms with E-state index in [1.165, 1.54) is 12.1 Å². The summed E-state index contributed by atoms with van der Waals surface area (Å²) in [6.07, 6.45) is -2.91. The number of alkyl halides is 3. The van der Waals surface area contributed by atoms with Gasteiger partial charge in [-0.05, 0) is 37.5 Å². The number of benzene rings is 1. The molecule has 5 nitrogen and oxygen atoms in total. The SMILES string of the molecule is CCNC(=NCc1cc(CC)no1)NCCc1ccc(C(F)(F)F)cc1.I. The molecule has 0 fully saturated rings. The van der Waals surface area contributed by atoms with Crippen molar-refractivity contribution in [2.75, 3.05) is 13.1 Å². The molecular weight excluding hydrogens is 472 g/mol. The average Bonchev–Trinajstić information content (AvgIpc) is 3.07. The van der Waals surface area contributed by atoms with Crippen molar-refractivity contribution in [3.63, 3.8) is 0 Å². The Balaban J connectivity index is 0.00000364. The summed E-state index contributed by atoms with van der Waals surface area (Å²) >= 11 is 0. The van der Waals surface area contributed by atoms with Crippen molar-refractivity contribution < 1.29 is 17.7 Å². The smallest absolute Gasteiger partial charge is 0.359 e. The maximum Gasteiger partial charge on any atom is 0.416 e. The molecule has 27 heavy (non-hydrogen) atoms. The Hall–Kier alpha value is -1.78. The number of halogens is 4. The molecule has 1 aromatic heterocycles. The molecule has 0 unspecified atom stereocenters. The highest BCUT2D eigenvalue weighted by Gasteiger charge is 2.29. The molecule has 0 amide bonds. The highest BCUT2D eigenvalue weighted by Crippen LogP contribution is 2.29. The standard InChI is InChI=1S/C18H23F3N4O.HI/c1-3-15-11-16(26-25-15)12-24-17(22-4-2)23-10-9-13-5-7-14(8-6-13)18(19,20)21;/h5-8,11H,3-4,9-10,12H2,1-2H3,(H2,22,23,24);1H. The first-order valence-corrected chi connectivity index (χ1v) is 8.55. The van der Waals surface area contributed by atoms with E-state index in [1.807, 2.05) is 19.9 Å². The van der Waals surface area contributed by atoms with Gasteiger partial charge in [0.05, 0.1) is 11.3 Å². The first-order valence-electron chi connectivity index (χ1n) is 8.55. The lowest BCUT2D eigenvalue weighted by molar-refractivity contribution is -0.137. The molecule has 0 bridgehead atoms. The van der Waals surface area contributed by atoms with Crippen LogP contribution < -0.4 is 10.6 Å². The van der Waals surface area contributed by atoms with E-state index in [0.29, 0.717) is 37.8 Å². The van der Waals surface area contributed by atoms with Gasteiger partial charge in [0, 0.05) is 19.2 Å². The fourth-order valence-corrected chi connectivity index (χ4v) is 2.28. The molecule has 0 aliphatic rings. The Morgan fingerprint density at radius 3 is 2.41 bits per heavy atom. The summed E-state index contributed by atoms with van der Waals surface area (Å²) < 4.78 is 42.9. The third kappa shape index (κ3) is 7.77. The Morgan fingerprint density at radius 2 is 1.85 bits per heavy atom. The van der Waals surface area contributed by atoms with Gasteiger partial charge in [0.2, 0.25) is 0 Å². The lowest BCUT2D eigenvalue weighted by atomic mass is 10.1. The molecule has 2 rings (SSSR count). The minimum Gasteiger partial charge on any atom is -0.359 e. The van der Waals surface area contributed by atoms with Crippen LogP contribution in [0.25, 0.3) is 0 Å². The largest absolute Gasteiger partial charge is 0.416 e. The van der Waals surface area contributed by atoms with Crippen LogP contribution in [-0.4, -0.2) is 24.2 Å². The van der Waals surface area contributed by atoms with E-state index in [4.69, 9.17) is 4.52 Å². The van der Waals surface area contributed by atoms with E-state index >= 15 is 0 Å². The second kappa shape index (κ2) is 11.2. The van der Waals surface area contributed by atoms with Crippen LogP contribution in [0, 0.1) is 0 Å². The van der Waals surface area contributed by atoms with Crippen molar-refractivity contribution in [1.82, 2.24) is 15.8 Å². The van der Waals surface area contributed by atoms with Crippen LogP contribution in [0.4, 0.5) is 13.2 Å². The summed E-state index contributed by atoms with van der Waals surface area (Å²) in [7, 11) is 0. The minimum absolute atomic E-state index is 0. The average molecular weight is 496 g/mol. The monoisotopic (exact) mass is 496 g/mol. The van der Waals surface area contributed by atoms with Gasteiger partial charge >= 0.3 is 6.18 Å². The van der Waals surface area contributed by atoms with Crippen molar-refractivity contribution >= 4 is 29.9 Å². The lowest BCUT2D eigenvalue weighted by Gasteiger charge is -2.11. The third-order valence-electron chi connectivity index (χ3n) is 3.69. The van der Waals surface area contributed by atoms with Crippen molar-refractivity contribution in [2.45, 2.75) is 39.4 Å². The molecule has 9 heteroatoms. The van der Waals surface area contributed by atoms with Gasteiger partial charge in [-0.1, -0.05) is 24.2 Å². The molecule has 0 spiro atoms.